The lowest BCUT2D eigenvalue weighted by Crippen LogP contribution is -2.12. The Hall–Kier alpha value is -5.19. The predicted octanol–water partition coefficient (Wildman–Crippen LogP) is 5.57. The summed E-state index contributed by atoms with van der Waals surface area (Å²) in [4.78, 5) is 4.45. The molecule has 0 atom stereocenters. The molecule has 0 saturated carbocycles. The molecule has 0 saturated heterocycles. The van der Waals surface area contributed by atoms with Crippen molar-refractivity contribution >= 4 is 43.1 Å². The summed E-state index contributed by atoms with van der Waals surface area (Å²) < 4.78 is 60.6. The fourth-order valence-corrected chi connectivity index (χ4v) is 6.05. The summed E-state index contributed by atoms with van der Waals surface area (Å²) in [7, 11) is -7.66. The molecular weight excluding hydrogens is 576 g/mol. The molecule has 42 heavy (non-hydrogen) atoms. The number of hydrogen-bond acceptors (Lipinski definition) is 9. The number of nitriles is 1. The first-order valence-electron chi connectivity index (χ1n) is 12.5. The predicted molar refractivity (Wildman–Crippen MR) is 158 cm³/mol. The second-order valence-corrected chi connectivity index (χ2v) is 12.6. The Morgan fingerprint density at radius 1 is 0.762 bits per heavy atom. The molecule has 0 bridgehead atoms. The highest BCUT2D eigenvalue weighted by atomic mass is 32.2. The molecule has 11 nitrogen and oxygen atoms in total. The van der Waals surface area contributed by atoms with E-state index in [4.69, 9.17) is 4.52 Å². The lowest BCUT2D eigenvalue weighted by molar-refractivity contribution is 0.430. The highest BCUT2D eigenvalue weighted by Crippen LogP contribution is 2.30. The van der Waals surface area contributed by atoms with Gasteiger partial charge in [-0.1, -0.05) is 35.0 Å². The molecular formula is C29H24N6O5S2. The van der Waals surface area contributed by atoms with Gasteiger partial charge < -0.3 is 9.84 Å². The summed E-state index contributed by atoms with van der Waals surface area (Å²) in [5.74, 6) is 0.274. The molecule has 5 aromatic rings. The zero-order valence-electron chi connectivity index (χ0n) is 22.4. The van der Waals surface area contributed by atoms with E-state index in [1.165, 1.54) is 24.4 Å². The van der Waals surface area contributed by atoms with Gasteiger partial charge in [0.05, 0.1) is 15.5 Å². The highest BCUT2D eigenvalue weighted by Gasteiger charge is 2.18. The second kappa shape index (κ2) is 11.4. The molecule has 3 aromatic carbocycles. The van der Waals surface area contributed by atoms with Crippen LogP contribution in [0.1, 0.15) is 16.8 Å². The van der Waals surface area contributed by atoms with Crippen molar-refractivity contribution < 1.29 is 21.4 Å². The smallest absolute Gasteiger partial charge is 0.264 e. The monoisotopic (exact) mass is 600 g/mol. The Morgan fingerprint density at radius 2 is 1.36 bits per heavy atom. The van der Waals surface area contributed by atoms with E-state index in [1.54, 1.807) is 73.7 Å². The number of benzene rings is 3. The standard InChI is InChI=1S/C29H24N6O5S2/c1-19-3-11-24(12-4-19)41(36,37)34-23-7-5-21(6-8-23)26-15-16-31-29(27(26)18-30)32-22-9-13-25(14-10-22)42(38,39)35-28-17-20(2)33-40-28/h3-17,34-35H,1-2H3,(H,31,32). The molecule has 0 fully saturated rings. The third-order valence-corrected chi connectivity index (χ3v) is 8.89. The third-order valence-electron chi connectivity index (χ3n) is 6.13. The van der Waals surface area contributed by atoms with Crippen LogP contribution in [0.3, 0.4) is 0 Å². The molecule has 0 amide bonds. The van der Waals surface area contributed by atoms with E-state index in [0.717, 1.165) is 5.56 Å². The number of nitrogens with zero attached hydrogens (tertiary/aromatic N) is 3. The Balaban J connectivity index is 1.33. The van der Waals surface area contributed by atoms with Gasteiger partial charge in [-0.05, 0) is 74.0 Å². The SMILES string of the molecule is Cc1ccc(S(=O)(=O)Nc2ccc(-c3ccnc(Nc4ccc(S(=O)(=O)Nc5cc(C)no5)cc4)c3C#N)cc2)cc1. The van der Waals surface area contributed by atoms with E-state index < -0.39 is 20.0 Å². The Labute approximate surface area is 243 Å². The lowest BCUT2D eigenvalue weighted by Gasteiger charge is -2.13. The van der Waals surface area contributed by atoms with Crippen LogP contribution in [-0.4, -0.2) is 27.0 Å². The quantitative estimate of drug-likeness (QED) is 0.196. The van der Waals surface area contributed by atoms with Gasteiger partial charge in [-0.15, -0.1) is 0 Å². The first-order valence-corrected chi connectivity index (χ1v) is 15.4. The van der Waals surface area contributed by atoms with Crippen molar-refractivity contribution in [2.24, 2.45) is 0 Å². The number of aryl methyl sites for hydroxylation is 2. The van der Waals surface area contributed by atoms with Crippen LogP contribution in [0.25, 0.3) is 11.1 Å². The Bertz CT molecular complexity index is 2000. The van der Waals surface area contributed by atoms with Gasteiger partial charge in [-0.25, -0.2) is 26.5 Å². The van der Waals surface area contributed by atoms with Gasteiger partial charge in [0.2, 0.25) is 5.88 Å². The molecule has 0 aliphatic heterocycles. The van der Waals surface area contributed by atoms with Crippen molar-refractivity contribution in [1.82, 2.24) is 10.1 Å². The molecule has 13 heteroatoms. The summed E-state index contributed by atoms with van der Waals surface area (Å²) in [6, 6.07) is 24.4. The molecule has 2 heterocycles. The number of aromatic nitrogens is 2. The van der Waals surface area contributed by atoms with E-state index in [-0.39, 0.29) is 27.1 Å². The van der Waals surface area contributed by atoms with Gasteiger partial charge in [0.25, 0.3) is 20.0 Å². The van der Waals surface area contributed by atoms with Crippen LogP contribution in [0.5, 0.6) is 0 Å². The van der Waals surface area contributed by atoms with Crippen molar-refractivity contribution in [3.8, 4) is 17.2 Å². The molecule has 0 radical (unpaired) electrons. The topological polar surface area (TPSA) is 167 Å². The van der Waals surface area contributed by atoms with Crippen molar-refractivity contribution in [3.05, 3.63) is 108 Å². The van der Waals surface area contributed by atoms with Crippen LogP contribution in [0.4, 0.5) is 23.1 Å². The van der Waals surface area contributed by atoms with Crippen molar-refractivity contribution in [1.29, 1.82) is 5.26 Å². The lowest BCUT2D eigenvalue weighted by atomic mass is 10.0. The first-order chi connectivity index (χ1) is 20.0. The van der Waals surface area contributed by atoms with Gasteiger partial charge in [-0.2, -0.15) is 5.26 Å². The van der Waals surface area contributed by atoms with Crippen molar-refractivity contribution in [2.75, 3.05) is 14.8 Å². The van der Waals surface area contributed by atoms with E-state index >= 15 is 0 Å². The van der Waals surface area contributed by atoms with E-state index in [0.29, 0.717) is 28.2 Å². The van der Waals surface area contributed by atoms with Crippen LogP contribution in [0.15, 0.2) is 105 Å². The maximum absolute atomic E-state index is 12.7. The molecule has 5 rings (SSSR count). The van der Waals surface area contributed by atoms with Crippen LogP contribution in [-0.2, 0) is 20.0 Å². The van der Waals surface area contributed by atoms with Gasteiger partial charge in [0.15, 0.2) is 0 Å². The maximum atomic E-state index is 12.7. The summed E-state index contributed by atoms with van der Waals surface area (Å²) in [5.41, 5.74) is 3.87. The number of rotatable bonds is 9. The van der Waals surface area contributed by atoms with Crippen LogP contribution in [0.2, 0.25) is 0 Å². The molecule has 3 N–H and O–H groups in total. The summed E-state index contributed by atoms with van der Waals surface area (Å²) >= 11 is 0. The number of nitrogens with one attached hydrogen (secondary N) is 3. The molecule has 0 aliphatic carbocycles. The number of sulfonamides is 2. The van der Waals surface area contributed by atoms with Crippen molar-refractivity contribution in [3.63, 3.8) is 0 Å². The normalized spacial score (nSPS) is 11.5. The average Bonchev–Trinajstić information content (AvgIpc) is 3.37. The van der Waals surface area contributed by atoms with Gasteiger partial charge in [0, 0.05) is 29.2 Å². The number of pyridine rings is 1. The minimum absolute atomic E-state index is 0.00223. The zero-order valence-corrected chi connectivity index (χ0v) is 24.0. The van der Waals surface area contributed by atoms with E-state index in [1.807, 2.05) is 6.92 Å². The van der Waals surface area contributed by atoms with E-state index in [9.17, 15) is 22.1 Å². The van der Waals surface area contributed by atoms with Crippen molar-refractivity contribution in [2.45, 2.75) is 23.6 Å². The second-order valence-electron chi connectivity index (χ2n) is 9.28. The van der Waals surface area contributed by atoms with Crippen LogP contribution in [0, 0.1) is 25.2 Å². The Morgan fingerprint density at radius 3 is 1.95 bits per heavy atom. The number of hydrogen-bond donors (Lipinski definition) is 3. The summed E-state index contributed by atoms with van der Waals surface area (Å²) in [6.07, 6.45) is 1.54. The molecule has 212 valence electrons. The van der Waals surface area contributed by atoms with E-state index in [2.05, 4.69) is 31.0 Å². The van der Waals surface area contributed by atoms with Gasteiger partial charge >= 0.3 is 0 Å². The Kier molecular flexibility index (Phi) is 7.66. The fraction of sp³-hybridized carbons (Fsp3) is 0.0690. The molecule has 0 spiro atoms. The summed E-state index contributed by atoms with van der Waals surface area (Å²) in [5, 5.41) is 16.7. The molecule has 2 aromatic heterocycles. The zero-order chi connectivity index (χ0) is 29.9. The molecule has 0 aliphatic rings. The third kappa shape index (κ3) is 6.25. The van der Waals surface area contributed by atoms with Gasteiger partial charge in [-0.3, -0.25) is 4.72 Å². The minimum atomic E-state index is -3.90. The van der Waals surface area contributed by atoms with Crippen LogP contribution < -0.4 is 14.8 Å². The fourth-order valence-electron chi connectivity index (χ4n) is 4.02. The largest absolute Gasteiger partial charge is 0.339 e. The highest BCUT2D eigenvalue weighted by molar-refractivity contribution is 7.93. The van der Waals surface area contributed by atoms with Crippen LogP contribution >= 0.6 is 0 Å². The molecule has 0 unspecified atom stereocenters. The average molecular weight is 601 g/mol. The number of anilines is 4. The first kappa shape index (κ1) is 28.3. The summed E-state index contributed by atoms with van der Waals surface area (Å²) in [6.45, 7) is 3.55. The maximum Gasteiger partial charge on any atom is 0.264 e. The minimum Gasteiger partial charge on any atom is -0.339 e. The van der Waals surface area contributed by atoms with Gasteiger partial charge in [0.1, 0.15) is 17.5 Å².